The van der Waals surface area contributed by atoms with Crippen LogP contribution in [0.3, 0.4) is 0 Å². The number of rotatable bonds is 8. The van der Waals surface area contributed by atoms with Crippen LogP contribution >= 0.6 is 11.6 Å². The number of anilines is 1. The number of carbonyl (C=O) groups excluding carboxylic acids is 4. The van der Waals surface area contributed by atoms with Crippen molar-refractivity contribution in [3.8, 4) is 11.5 Å². The average Bonchev–Trinajstić information content (AvgIpc) is 3.79. The van der Waals surface area contributed by atoms with Crippen molar-refractivity contribution in [1.82, 2.24) is 0 Å². The molecule has 3 aromatic carbocycles. The zero-order valence-corrected chi connectivity index (χ0v) is 23.2. The standard InChI is InChI=1S/C32H23ClN2O8/c33-24-2-1-3-25(35(40)41)29(24)43-19-10-6-16(7-11-19)26(36)15-42-32(39)17-4-8-18(9-5-17)34-30(37)27-20-12-13-21(23-14-22(20)23)28(27)31(34)38/h1-13,20-23,27-28H,14-15H2/t20-,21-,22-,23-,27-,28+/m1/s1. The molecule has 4 aliphatic carbocycles. The molecule has 8 rings (SSSR count). The second-order valence-electron chi connectivity index (χ2n) is 11.2. The van der Waals surface area contributed by atoms with Crippen LogP contribution in [0.1, 0.15) is 27.1 Å². The van der Waals surface area contributed by atoms with Crippen LogP contribution in [0.2, 0.25) is 5.02 Å². The number of ether oxygens (including phenoxy) is 2. The Morgan fingerprint density at radius 1 is 0.884 bits per heavy atom. The first-order chi connectivity index (χ1) is 20.7. The first-order valence-corrected chi connectivity index (χ1v) is 14.2. The highest BCUT2D eigenvalue weighted by Gasteiger charge is 2.67. The predicted molar refractivity (Wildman–Crippen MR) is 153 cm³/mol. The Morgan fingerprint density at radius 2 is 1.49 bits per heavy atom. The van der Waals surface area contributed by atoms with E-state index in [1.54, 1.807) is 12.1 Å². The third-order valence-electron chi connectivity index (χ3n) is 8.90. The highest BCUT2D eigenvalue weighted by atomic mass is 35.5. The molecule has 6 atom stereocenters. The van der Waals surface area contributed by atoms with Crippen LogP contribution in [0.5, 0.6) is 11.5 Å². The van der Waals surface area contributed by atoms with Gasteiger partial charge in [0, 0.05) is 11.6 Å². The Hall–Kier alpha value is -4.83. The number of nitro benzene ring substituents is 1. The predicted octanol–water partition coefficient (Wildman–Crippen LogP) is 5.64. The molecule has 216 valence electrons. The summed E-state index contributed by atoms with van der Waals surface area (Å²) in [5.74, 6) is -0.809. The zero-order valence-electron chi connectivity index (χ0n) is 22.4. The van der Waals surface area contributed by atoms with Crippen LogP contribution in [-0.4, -0.2) is 35.1 Å². The van der Waals surface area contributed by atoms with Gasteiger partial charge in [0.25, 0.3) is 0 Å². The van der Waals surface area contributed by atoms with Gasteiger partial charge in [0.2, 0.25) is 17.6 Å². The van der Waals surface area contributed by atoms with Gasteiger partial charge in [-0.05, 0) is 84.7 Å². The van der Waals surface area contributed by atoms with Gasteiger partial charge in [-0.3, -0.25) is 29.4 Å². The molecule has 0 unspecified atom stereocenters. The molecule has 2 amide bonds. The lowest BCUT2D eigenvalue weighted by Gasteiger charge is -2.37. The fourth-order valence-corrected chi connectivity index (χ4v) is 7.03. The summed E-state index contributed by atoms with van der Waals surface area (Å²) in [5, 5.41) is 11.3. The lowest BCUT2D eigenvalue weighted by atomic mass is 9.63. The number of hydrogen-bond donors (Lipinski definition) is 0. The number of allylic oxidation sites excluding steroid dienone is 2. The van der Waals surface area contributed by atoms with E-state index >= 15 is 0 Å². The fourth-order valence-electron chi connectivity index (χ4n) is 6.82. The third-order valence-corrected chi connectivity index (χ3v) is 9.20. The summed E-state index contributed by atoms with van der Waals surface area (Å²) in [6.07, 6.45) is 5.32. The molecule has 5 aliphatic rings. The van der Waals surface area contributed by atoms with Crippen molar-refractivity contribution in [1.29, 1.82) is 0 Å². The molecule has 2 saturated carbocycles. The number of imide groups is 1. The number of Topliss-reactive ketones (excluding diaryl/α,β-unsaturated/α-hetero) is 1. The molecule has 1 heterocycles. The summed E-state index contributed by atoms with van der Waals surface area (Å²) in [6.45, 7) is -0.526. The van der Waals surface area contributed by atoms with Crippen LogP contribution in [0.15, 0.2) is 78.9 Å². The Bertz CT molecular complexity index is 1700. The lowest BCUT2D eigenvalue weighted by molar-refractivity contribution is -0.385. The fraction of sp³-hybridized carbons (Fsp3) is 0.250. The highest BCUT2D eigenvalue weighted by molar-refractivity contribution is 6.32. The van der Waals surface area contributed by atoms with Gasteiger partial charge in [-0.1, -0.05) is 29.8 Å². The van der Waals surface area contributed by atoms with E-state index in [4.69, 9.17) is 21.1 Å². The van der Waals surface area contributed by atoms with Crippen molar-refractivity contribution < 1.29 is 33.6 Å². The second-order valence-corrected chi connectivity index (χ2v) is 11.6. The van der Waals surface area contributed by atoms with Crippen LogP contribution in [-0.2, 0) is 14.3 Å². The normalized spacial score (nSPS) is 26.1. The SMILES string of the molecule is O=C(COC(=O)c1ccc(N2C(=O)[C@@H]3[C@@H]4C=C[C@H]([C@H]5C[C@H]45)[C@@H]3C2=O)cc1)c1ccc(Oc2c(Cl)cccc2[N+](=O)[O-])cc1. The molecular formula is C32H23ClN2O8. The summed E-state index contributed by atoms with van der Waals surface area (Å²) < 4.78 is 10.8. The third kappa shape index (κ3) is 4.49. The maximum absolute atomic E-state index is 13.3. The van der Waals surface area contributed by atoms with E-state index in [0.29, 0.717) is 17.5 Å². The van der Waals surface area contributed by atoms with Gasteiger partial charge < -0.3 is 9.47 Å². The summed E-state index contributed by atoms with van der Waals surface area (Å²) in [6, 6.07) is 16.0. The maximum atomic E-state index is 13.3. The van der Waals surface area contributed by atoms with E-state index in [1.807, 2.05) is 0 Å². The van der Waals surface area contributed by atoms with Gasteiger partial charge in [0.15, 0.2) is 12.4 Å². The number of amides is 2. The minimum Gasteiger partial charge on any atom is -0.454 e. The number of ketones is 1. The van der Waals surface area contributed by atoms with E-state index < -0.39 is 23.3 Å². The molecule has 10 nitrogen and oxygen atoms in total. The van der Waals surface area contributed by atoms with Crippen LogP contribution in [0, 0.1) is 45.6 Å². The minimum atomic E-state index is -0.735. The molecule has 0 aromatic heterocycles. The topological polar surface area (TPSA) is 133 Å². The van der Waals surface area contributed by atoms with Crippen molar-refractivity contribution >= 4 is 46.5 Å². The number of esters is 1. The molecule has 1 saturated heterocycles. The summed E-state index contributed by atoms with van der Waals surface area (Å²) in [5.41, 5.74) is 0.512. The first kappa shape index (κ1) is 27.0. The summed E-state index contributed by atoms with van der Waals surface area (Å²) in [4.78, 5) is 63.8. The molecule has 2 bridgehead atoms. The van der Waals surface area contributed by atoms with Crippen molar-refractivity contribution in [3.05, 3.63) is 105 Å². The van der Waals surface area contributed by atoms with Crippen molar-refractivity contribution in [2.24, 2.45) is 35.5 Å². The van der Waals surface area contributed by atoms with Gasteiger partial charge >= 0.3 is 11.7 Å². The number of hydrogen-bond acceptors (Lipinski definition) is 8. The number of nitrogens with zero attached hydrogens (tertiary/aromatic N) is 2. The molecule has 3 fully saturated rings. The van der Waals surface area contributed by atoms with E-state index in [9.17, 15) is 29.3 Å². The Balaban J connectivity index is 0.967. The van der Waals surface area contributed by atoms with Gasteiger partial charge in [0.1, 0.15) is 5.75 Å². The summed E-state index contributed by atoms with van der Waals surface area (Å²) >= 11 is 6.06. The molecule has 0 spiro atoms. The molecular weight excluding hydrogens is 576 g/mol. The van der Waals surface area contributed by atoms with Gasteiger partial charge in [0.05, 0.1) is 33.0 Å². The van der Waals surface area contributed by atoms with E-state index in [-0.39, 0.29) is 68.8 Å². The first-order valence-electron chi connectivity index (χ1n) is 13.8. The quantitative estimate of drug-likeness (QED) is 0.0812. The zero-order chi connectivity index (χ0) is 30.0. The van der Waals surface area contributed by atoms with Crippen molar-refractivity contribution in [2.75, 3.05) is 11.5 Å². The smallest absolute Gasteiger partial charge is 0.338 e. The monoisotopic (exact) mass is 598 g/mol. The van der Waals surface area contributed by atoms with E-state index in [0.717, 1.165) is 6.42 Å². The van der Waals surface area contributed by atoms with Crippen LogP contribution < -0.4 is 9.64 Å². The Kier molecular flexibility index (Phi) is 6.39. The maximum Gasteiger partial charge on any atom is 0.338 e. The Morgan fingerprint density at radius 3 is 2.09 bits per heavy atom. The molecule has 43 heavy (non-hydrogen) atoms. The minimum absolute atomic E-state index is 0.0615. The number of halogens is 1. The number of nitro groups is 1. The molecule has 3 aromatic rings. The van der Waals surface area contributed by atoms with E-state index in [1.165, 1.54) is 59.5 Å². The van der Waals surface area contributed by atoms with Gasteiger partial charge in [-0.25, -0.2) is 4.79 Å². The molecule has 11 heteroatoms. The van der Waals surface area contributed by atoms with Crippen LogP contribution in [0.4, 0.5) is 11.4 Å². The lowest BCUT2D eigenvalue weighted by Crippen LogP contribution is -2.40. The van der Waals surface area contributed by atoms with Gasteiger partial charge in [-0.2, -0.15) is 0 Å². The second kappa shape index (κ2) is 10.2. The Labute approximate surface area is 250 Å². The van der Waals surface area contributed by atoms with Crippen LogP contribution in [0.25, 0.3) is 0 Å². The highest BCUT2D eigenvalue weighted by Crippen LogP contribution is 2.65. The van der Waals surface area contributed by atoms with Crippen molar-refractivity contribution in [3.63, 3.8) is 0 Å². The molecule has 0 radical (unpaired) electrons. The average molecular weight is 599 g/mol. The molecule has 1 aliphatic heterocycles. The number of para-hydroxylation sites is 1. The summed E-state index contributed by atoms with van der Waals surface area (Å²) in [7, 11) is 0. The van der Waals surface area contributed by atoms with Gasteiger partial charge in [-0.15, -0.1) is 0 Å². The molecule has 0 N–H and O–H groups in total. The number of benzene rings is 3. The van der Waals surface area contributed by atoms with E-state index in [2.05, 4.69) is 12.2 Å². The number of carbonyl (C=O) groups is 4. The largest absolute Gasteiger partial charge is 0.454 e. The van der Waals surface area contributed by atoms with Crippen molar-refractivity contribution in [2.45, 2.75) is 6.42 Å².